The molecule has 0 saturated heterocycles. The quantitative estimate of drug-likeness (QED) is 0.894. The molecule has 0 atom stereocenters. The molecule has 8 heteroatoms. The Morgan fingerprint density at radius 3 is 2.70 bits per heavy atom. The van der Waals surface area contributed by atoms with Crippen molar-refractivity contribution in [3.8, 4) is 0 Å². The number of hydrogen-bond acceptors (Lipinski definition) is 5. The van der Waals surface area contributed by atoms with Gasteiger partial charge in [0.2, 0.25) is 0 Å². The van der Waals surface area contributed by atoms with Gasteiger partial charge in [-0.3, -0.25) is 9.48 Å². The Balaban J connectivity index is 2.17. The zero-order chi connectivity index (χ0) is 14.9. The number of aryl methyl sites for hydroxylation is 1. The summed E-state index contributed by atoms with van der Waals surface area (Å²) in [5.41, 5.74) is 1.52. The number of thiazole rings is 1. The number of nitrogens with zero attached hydrogens (tertiary/aromatic N) is 3. The SMILES string of the molecule is Cc1ncsc1C(=O)Nc1cnn(C(C)(C)C(=O)O)c1. The molecule has 2 rings (SSSR count). The third-order valence-corrected chi connectivity index (χ3v) is 3.82. The summed E-state index contributed by atoms with van der Waals surface area (Å²) in [5.74, 6) is -1.28. The van der Waals surface area contributed by atoms with Crippen LogP contribution in [0.15, 0.2) is 17.9 Å². The van der Waals surface area contributed by atoms with Gasteiger partial charge in [-0.25, -0.2) is 9.78 Å². The second-order valence-corrected chi connectivity index (χ2v) is 5.61. The van der Waals surface area contributed by atoms with Gasteiger partial charge in [0, 0.05) is 6.20 Å². The maximum atomic E-state index is 12.0. The first-order chi connectivity index (χ1) is 9.32. The van der Waals surface area contributed by atoms with Crippen LogP contribution in [0.4, 0.5) is 5.69 Å². The van der Waals surface area contributed by atoms with E-state index in [0.29, 0.717) is 16.3 Å². The molecule has 0 aromatic carbocycles. The summed E-state index contributed by atoms with van der Waals surface area (Å²) in [7, 11) is 0. The lowest BCUT2D eigenvalue weighted by molar-refractivity contribution is -0.146. The maximum absolute atomic E-state index is 12.0. The molecular formula is C12H14N4O3S. The van der Waals surface area contributed by atoms with Crippen molar-refractivity contribution in [3.63, 3.8) is 0 Å². The van der Waals surface area contributed by atoms with Gasteiger partial charge in [-0.15, -0.1) is 11.3 Å². The normalized spacial score (nSPS) is 11.3. The number of aromatic nitrogens is 3. The molecule has 1 amide bonds. The zero-order valence-electron chi connectivity index (χ0n) is 11.2. The predicted molar refractivity (Wildman–Crippen MR) is 74.0 cm³/mol. The number of hydrogen-bond donors (Lipinski definition) is 2. The van der Waals surface area contributed by atoms with Crippen molar-refractivity contribution in [1.29, 1.82) is 0 Å². The number of amides is 1. The summed E-state index contributed by atoms with van der Waals surface area (Å²) < 4.78 is 1.30. The fourth-order valence-corrected chi connectivity index (χ4v) is 2.20. The van der Waals surface area contributed by atoms with Crippen LogP contribution in [-0.2, 0) is 10.3 Å². The molecule has 20 heavy (non-hydrogen) atoms. The van der Waals surface area contributed by atoms with Gasteiger partial charge in [0.1, 0.15) is 4.88 Å². The van der Waals surface area contributed by atoms with Crippen LogP contribution in [0.5, 0.6) is 0 Å². The van der Waals surface area contributed by atoms with Gasteiger partial charge >= 0.3 is 5.97 Å². The largest absolute Gasteiger partial charge is 0.479 e. The highest BCUT2D eigenvalue weighted by Gasteiger charge is 2.30. The molecule has 0 unspecified atom stereocenters. The van der Waals surface area contributed by atoms with Crippen LogP contribution in [0.25, 0.3) is 0 Å². The average molecular weight is 294 g/mol. The molecule has 2 aromatic heterocycles. The van der Waals surface area contributed by atoms with Crippen molar-refractivity contribution in [3.05, 3.63) is 28.5 Å². The van der Waals surface area contributed by atoms with Crippen LogP contribution < -0.4 is 5.32 Å². The van der Waals surface area contributed by atoms with E-state index in [-0.39, 0.29) is 5.91 Å². The van der Waals surface area contributed by atoms with E-state index in [9.17, 15) is 9.59 Å². The standard InChI is InChI=1S/C12H14N4O3S/c1-7-9(20-6-13-7)10(17)15-8-4-14-16(5-8)12(2,3)11(18)19/h4-6H,1-3H3,(H,15,17)(H,18,19). The lowest BCUT2D eigenvalue weighted by Gasteiger charge is -2.19. The van der Waals surface area contributed by atoms with E-state index in [2.05, 4.69) is 15.4 Å². The minimum atomic E-state index is -1.18. The van der Waals surface area contributed by atoms with E-state index in [1.807, 2.05) is 0 Å². The number of anilines is 1. The Bertz CT molecular complexity index is 659. The van der Waals surface area contributed by atoms with Gasteiger partial charge in [0.25, 0.3) is 5.91 Å². The summed E-state index contributed by atoms with van der Waals surface area (Å²) in [6, 6.07) is 0. The van der Waals surface area contributed by atoms with Gasteiger partial charge in [0.15, 0.2) is 5.54 Å². The lowest BCUT2D eigenvalue weighted by atomic mass is 10.1. The number of rotatable bonds is 4. The maximum Gasteiger partial charge on any atom is 0.331 e. The van der Waals surface area contributed by atoms with E-state index < -0.39 is 11.5 Å². The number of carbonyl (C=O) groups is 2. The number of aliphatic carboxylic acids is 1. The molecule has 0 aliphatic carbocycles. The Hall–Kier alpha value is -2.22. The van der Waals surface area contributed by atoms with E-state index in [1.165, 1.54) is 42.3 Å². The van der Waals surface area contributed by atoms with Crippen LogP contribution in [0.2, 0.25) is 0 Å². The molecule has 2 aromatic rings. The molecule has 0 radical (unpaired) electrons. The number of carboxylic acid groups (broad SMARTS) is 1. The number of carboxylic acids is 1. The molecule has 7 nitrogen and oxygen atoms in total. The van der Waals surface area contributed by atoms with Crippen molar-refractivity contribution in [2.24, 2.45) is 0 Å². The fourth-order valence-electron chi connectivity index (χ4n) is 1.50. The van der Waals surface area contributed by atoms with Crippen molar-refractivity contribution in [2.45, 2.75) is 26.3 Å². The van der Waals surface area contributed by atoms with Crippen molar-refractivity contribution in [2.75, 3.05) is 5.32 Å². The summed E-state index contributed by atoms with van der Waals surface area (Å²) in [6.07, 6.45) is 2.90. The summed E-state index contributed by atoms with van der Waals surface area (Å²) >= 11 is 1.25. The highest BCUT2D eigenvalue weighted by molar-refractivity contribution is 7.12. The highest BCUT2D eigenvalue weighted by Crippen LogP contribution is 2.19. The van der Waals surface area contributed by atoms with Crippen LogP contribution in [0.3, 0.4) is 0 Å². The van der Waals surface area contributed by atoms with Gasteiger partial charge in [-0.1, -0.05) is 0 Å². The van der Waals surface area contributed by atoms with Gasteiger partial charge in [-0.2, -0.15) is 5.10 Å². The van der Waals surface area contributed by atoms with Gasteiger partial charge in [0.05, 0.1) is 23.1 Å². The molecule has 2 heterocycles. The van der Waals surface area contributed by atoms with Gasteiger partial charge < -0.3 is 10.4 Å². The summed E-state index contributed by atoms with van der Waals surface area (Å²) in [4.78, 5) is 27.7. The van der Waals surface area contributed by atoms with Crippen LogP contribution in [0.1, 0.15) is 29.2 Å². The third kappa shape index (κ3) is 2.55. The van der Waals surface area contributed by atoms with E-state index in [4.69, 9.17) is 5.11 Å². The van der Waals surface area contributed by atoms with Crippen molar-refractivity contribution in [1.82, 2.24) is 14.8 Å². The summed E-state index contributed by atoms with van der Waals surface area (Å²) in [5, 5.41) is 15.8. The molecule has 0 aliphatic heterocycles. The van der Waals surface area contributed by atoms with Crippen LogP contribution in [-0.4, -0.2) is 31.7 Å². The second kappa shape index (κ2) is 5.04. The monoisotopic (exact) mass is 294 g/mol. The molecule has 106 valence electrons. The molecule has 0 fully saturated rings. The first kappa shape index (κ1) is 14.2. The molecular weight excluding hydrogens is 280 g/mol. The van der Waals surface area contributed by atoms with Crippen LogP contribution in [0, 0.1) is 6.92 Å². The molecule has 0 bridgehead atoms. The molecule has 0 aliphatic rings. The average Bonchev–Trinajstić information content (AvgIpc) is 2.97. The Morgan fingerprint density at radius 2 is 2.15 bits per heavy atom. The molecule has 0 spiro atoms. The first-order valence-electron chi connectivity index (χ1n) is 5.82. The smallest absolute Gasteiger partial charge is 0.331 e. The highest BCUT2D eigenvalue weighted by atomic mass is 32.1. The number of carbonyl (C=O) groups excluding carboxylic acids is 1. The second-order valence-electron chi connectivity index (χ2n) is 4.76. The third-order valence-electron chi connectivity index (χ3n) is 2.89. The first-order valence-corrected chi connectivity index (χ1v) is 6.70. The zero-order valence-corrected chi connectivity index (χ0v) is 12.1. The Kier molecular flexibility index (Phi) is 3.58. The lowest BCUT2D eigenvalue weighted by Crippen LogP contribution is -2.35. The minimum Gasteiger partial charge on any atom is -0.479 e. The van der Waals surface area contributed by atoms with Crippen molar-refractivity contribution >= 4 is 28.9 Å². The predicted octanol–water partition coefficient (Wildman–Crippen LogP) is 1.72. The van der Waals surface area contributed by atoms with E-state index >= 15 is 0 Å². The van der Waals surface area contributed by atoms with Gasteiger partial charge in [-0.05, 0) is 20.8 Å². The Labute approximate surface area is 119 Å². The Morgan fingerprint density at radius 1 is 1.45 bits per heavy atom. The van der Waals surface area contributed by atoms with Crippen molar-refractivity contribution < 1.29 is 14.7 Å². The summed E-state index contributed by atoms with van der Waals surface area (Å²) in [6.45, 7) is 4.81. The fraction of sp³-hybridized carbons (Fsp3) is 0.333. The number of nitrogens with one attached hydrogen (secondary N) is 1. The molecule has 2 N–H and O–H groups in total. The topological polar surface area (TPSA) is 97.1 Å². The van der Waals surface area contributed by atoms with E-state index in [0.717, 1.165) is 0 Å². The molecule has 0 saturated carbocycles. The van der Waals surface area contributed by atoms with E-state index in [1.54, 1.807) is 12.4 Å². The minimum absolute atomic E-state index is 0.280. The van der Waals surface area contributed by atoms with Crippen LogP contribution >= 0.6 is 11.3 Å².